The van der Waals surface area contributed by atoms with Crippen LogP contribution in [0.15, 0.2) is 0 Å². The molecular formula is C12H24N2O2. The zero-order valence-electron chi connectivity index (χ0n) is 10.7. The smallest absolute Gasteiger partial charge is 0.325 e. The van der Waals surface area contributed by atoms with Gasteiger partial charge in [0.15, 0.2) is 0 Å². The molecule has 2 unspecified atom stereocenters. The molecule has 0 saturated heterocycles. The highest BCUT2D eigenvalue weighted by Gasteiger charge is 2.44. The van der Waals surface area contributed by atoms with Crippen LogP contribution in [0.1, 0.15) is 39.5 Å². The summed E-state index contributed by atoms with van der Waals surface area (Å²) in [6, 6.07) is 0.439. The predicted octanol–water partition coefficient (Wildman–Crippen LogP) is 1.14. The Bertz CT molecular complexity index is 245. The number of hydrogen-bond donors (Lipinski definition) is 1. The van der Waals surface area contributed by atoms with Crippen molar-refractivity contribution < 1.29 is 9.53 Å². The molecule has 4 nitrogen and oxygen atoms in total. The lowest BCUT2D eigenvalue weighted by Crippen LogP contribution is -2.48. The van der Waals surface area contributed by atoms with Crippen molar-refractivity contribution in [1.82, 2.24) is 4.90 Å². The highest BCUT2D eigenvalue weighted by molar-refractivity contribution is 5.81. The highest BCUT2D eigenvalue weighted by atomic mass is 16.5. The second-order valence-corrected chi connectivity index (χ2v) is 4.67. The summed E-state index contributed by atoms with van der Waals surface area (Å²) in [7, 11) is 1.41. The Kier molecular flexibility index (Phi) is 4.74. The van der Waals surface area contributed by atoms with Gasteiger partial charge in [-0.15, -0.1) is 0 Å². The minimum atomic E-state index is -0.749. The van der Waals surface area contributed by atoms with E-state index in [1.807, 2.05) is 0 Å². The van der Waals surface area contributed by atoms with Crippen molar-refractivity contribution in [3.05, 3.63) is 0 Å². The van der Waals surface area contributed by atoms with E-state index >= 15 is 0 Å². The van der Waals surface area contributed by atoms with Gasteiger partial charge in [0.25, 0.3) is 0 Å². The first-order valence-corrected chi connectivity index (χ1v) is 6.18. The number of rotatable bonds is 5. The van der Waals surface area contributed by atoms with Crippen molar-refractivity contribution >= 4 is 5.97 Å². The number of methoxy groups -OCH3 is 1. The van der Waals surface area contributed by atoms with Crippen molar-refractivity contribution in [3.63, 3.8) is 0 Å². The van der Waals surface area contributed by atoms with E-state index in [1.54, 1.807) is 0 Å². The van der Waals surface area contributed by atoms with Crippen molar-refractivity contribution in [1.29, 1.82) is 0 Å². The van der Waals surface area contributed by atoms with Crippen LogP contribution >= 0.6 is 0 Å². The maximum absolute atomic E-state index is 11.6. The van der Waals surface area contributed by atoms with E-state index in [0.29, 0.717) is 6.04 Å². The number of carbonyl (C=O) groups excluding carboxylic acids is 1. The molecule has 94 valence electrons. The van der Waals surface area contributed by atoms with Crippen LogP contribution in [0.3, 0.4) is 0 Å². The zero-order valence-corrected chi connectivity index (χ0v) is 10.7. The quantitative estimate of drug-likeness (QED) is 0.717. The van der Waals surface area contributed by atoms with Gasteiger partial charge in [-0.2, -0.15) is 0 Å². The lowest BCUT2D eigenvalue weighted by molar-refractivity contribution is -0.147. The fourth-order valence-corrected chi connectivity index (χ4v) is 2.64. The molecule has 0 aliphatic heterocycles. The normalized spacial score (nSPS) is 29.7. The van der Waals surface area contributed by atoms with Gasteiger partial charge in [0, 0.05) is 6.04 Å². The van der Waals surface area contributed by atoms with Gasteiger partial charge in [-0.1, -0.05) is 13.8 Å². The molecule has 0 amide bonds. The molecule has 1 rings (SSSR count). The van der Waals surface area contributed by atoms with Crippen LogP contribution in [0.2, 0.25) is 0 Å². The van der Waals surface area contributed by atoms with Crippen LogP contribution in [0.5, 0.6) is 0 Å². The summed E-state index contributed by atoms with van der Waals surface area (Å²) in [5.74, 6) is -0.262. The summed E-state index contributed by atoms with van der Waals surface area (Å²) in [5, 5.41) is 0. The Hall–Kier alpha value is -0.610. The lowest BCUT2D eigenvalue weighted by atomic mass is 9.99. The minimum Gasteiger partial charge on any atom is -0.468 e. The molecule has 0 spiro atoms. The number of nitrogens with zero attached hydrogens (tertiary/aromatic N) is 1. The number of esters is 1. The Balaban J connectivity index is 2.59. The molecule has 2 atom stereocenters. The summed E-state index contributed by atoms with van der Waals surface area (Å²) in [6.07, 6.45) is 3.61. The fraction of sp³-hybridized carbons (Fsp3) is 0.917. The van der Waals surface area contributed by atoms with Crippen LogP contribution < -0.4 is 5.73 Å². The minimum absolute atomic E-state index is 0.262. The summed E-state index contributed by atoms with van der Waals surface area (Å²) >= 11 is 0. The van der Waals surface area contributed by atoms with Crippen molar-refractivity contribution in [3.8, 4) is 0 Å². The van der Waals surface area contributed by atoms with Gasteiger partial charge in [-0.05, 0) is 38.8 Å². The Morgan fingerprint density at radius 2 is 2.25 bits per heavy atom. The first-order valence-electron chi connectivity index (χ1n) is 6.18. The molecule has 0 aromatic heterocycles. The summed E-state index contributed by atoms with van der Waals surface area (Å²) < 4.78 is 4.78. The highest BCUT2D eigenvalue weighted by Crippen LogP contribution is 2.32. The molecule has 1 fully saturated rings. The maximum atomic E-state index is 11.6. The zero-order chi connectivity index (χ0) is 12.2. The first-order chi connectivity index (χ1) is 7.57. The number of ether oxygens (including phenoxy) is 1. The second-order valence-electron chi connectivity index (χ2n) is 4.67. The van der Waals surface area contributed by atoms with Gasteiger partial charge in [0.1, 0.15) is 5.54 Å². The maximum Gasteiger partial charge on any atom is 0.325 e. The van der Waals surface area contributed by atoms with Gasteiger partial charge in [-0.3, -0.25) is 4.79 Å². The third kappa shape index (κ3) is 2.74. The predicted molar refractivity (Wildman–Crippen MR) is 64.1 cm³/mol. The van der Waals surface area contributed by atoms with E-state index in [0.717, 1.165) is 38.8 Å². The molecule has 0 heterocycles. The van der Waals surface area contributed by atoms with E-state index in [1.165, 1.54) is 7.11 Å². The van der Waals surface area contributed by atoms with E-state index in [9.17, 15) is 4.79 Å². The molecule has 0 aromatic carbocycles. The van der Waals surface area contributed by atoms with E-state index in [2.05, 4.69) is 18.7 Å². The van der Waals surface area contributed by atoms with Gasteiger partial charge in [0.05, 0.1) is 7.11 Å². The molecule has 0 aromatic rings. The van der Waals surface area contributed by atoms with Gasteiger partial charge >= 0.3 is 5.97 Å². The largest absolute Gasteiger partial charge is 0.468 e. The van der Waals surface area contributed by atoms with Crippen LogP contribution in [-0.2, 0) is 9.53 Å². The van der Waals surface area contributed by atoms with Gasteiger partial charge in [0.2, 0.25) is 0 Å². The van der Waals surface area contributed by atoms with Crippen LogP contribution in [0.25, 0.3) is 0 Å². The Morgan fingerprint density at radius 3 is 2.75 bits per heavy atom. The van der Waals surface area contributed by atoms with Crippen molar-refractivity contribution in [2.45, 2.75) is 51.1 Å². The summed E-state index contributed by atoms with van der Waals surface area (Å²) in [5.41, 5.74) is 5.34. The fourth-order valence-electron chi connectivity index (χ4n) is 2.64. The number of nitrogens with two attached hydrogens (primary N) is 1. The molecule has 0 radical (unpaired) electrons. The van der Waals surface area contributed by atoms with E-state index < -0.39 is 5.54 Å². The monoisotopic (exact) mass is 228 g/mol. The number of hydrogen-bond acceptors (Lipinski definition) is 4. The SMILES string of the molecule is CCCN(CC)C1CCC(N)(C(=O)OC)C1. The van der Waals surface area contributed by atoms with Gasteiger partial charge < -0.3 is 15.4 Å². The molecule has 16 heavy (non-hydrogen) atoms. The molecule has 1 aliphatic rings. The van der Waals surface area contributed by atoms with Gasteiger partial charge in [-0.25, -0.2) is 0 Å². The van der Waals surface area contributed by atoms with Crippen molar-refractivity contribution in [2.24, 2.45) is 5.73 Å². The average Bonchev–Trinajstić information content (AvgIpc) is 2.68. The van der Waals surface area contributed by atoms with E-state index in [4.69, 9.17) is 10.5 Å². The summed E-state index contributed by atoms with van der Waals surface area (Å²) in [4.78, 5) is 14.0. The van der Waals surface area contributed by atoms with E-state index in [-0.39, 0.29) is 5.97 Å². The molecular weight excluding hydrogens is 204 g/mol. The lowest BCUT2D eigenvalue weighted by Gasteiger charge is -2.28. The van der Waals surface area contributed by atoms with Crippen LogP contribution in [0, 0.1) is 0 Å². The Morgan fingerprint density at radius 1 is 1.56 bits per heavy atom. The topological polar surface area (TPSA) is 55.6 Å². The molecule has 1 aliphatic carbocycles. The third-order valence-electron chi connectivity index (χ3n) is 3.55. The van der Waals surface area contributed by atoms with Crippen molar-refractivity contribution in [2.75, 3.05) is 20.2 Å². The average molecular weight is 228 g/mol. The third-order valence-corrected chi connectivity index (χ3v) is 3.55. The standard InChI is InChI=1S/C12H24N2O2/c1-4-8-14(5-2)10-6-7-12(13,9-10)11(15)16-3/h10H,4-9,13H2,1-3H3. The molecule has 1 saturated carbocycles. The first kappa shape index (κ1) is 13.5. The van der Waals surface area contributed by atoms with Crippen LogP contribution in [-0.4, -0.2) is 42.6 Å². The van der Waals surface area contributed by atoms with Crippen LogP contribution in [0.4, 0.5) is 0 Å². The Labute approximate surface area is 98.1 Å². The molecule has 2 N–H and O–H groups in total. The summed E-state index contributed by atoms with van der Waals surface area (Å²) in [6.45, 7) is 6.44. The number of carbonyl (C=O) groups is 1. The molecule has 0 bridgehead atoms. The second kappa shape index (κ2) is 5.64. The molecule has 4 heteroatoms.